The van der Waals surface area contributed by atoms with Crippen LogP contribution in [0.5, 0.6) is 0 Å². The molecule has 3 N–H and O–H groups in total. The van der Waals surface area contributed by atoms with Crippen molar-refractivity contribution >= 4 is 17.6 Å². The molecule has 0 unspecified atom stereocenters. The van der Waals surface area contributed by atoms with Crippen LogP contribution in [0, 0.1) is 11.8 Å². The molecule has 8 heteroatoms. The van der Waals surface area contributed by atoms with Crippen LogP contribution in [0.1, 0.15) is 51.6 Å². The van der Waals surface area contributed by atoms with Gasteiger partial charge in [-0.25, -0.2) is 4.98 Å². The zero-order valence-electron chi connectivity index (χ0n) is 18.3. The Morgan fingerprint density at radius 1 is 1.12 bits per heavy atom. The van der Waals surface area contributed by atoms with Crippen molar-refractivity contribution in [1.29, 1.82) is 0 Å². The third-order valence-electron chi connectivity index (χ3n) is 7.02. The number of nitrogen functional groups attached to an aromatic ring is 1. The second-order valence-corrected chi connectivity index (χ2v) is 9.40. The number of nitrogens with one attached hydrogen (secondary N) is 1. The number of rotatable bonds is 6. The van der Waals surface area contributed by atoms with Gasteiger partial charge in [-0.2, -0.15) is 5.10 Å². The molecule has 1 saturated heterocycles. The van der Waals surface area contributed by atoms with E-state index in [4.69, 9.17) is 5.73 Å². The number of hydrogen-bond acceptors (Lipinski definition) is 5. The van der Waals surface area contributed by atoms with E-state index in [1.807, 2.05) is 11.0 Å². The second kappa shape index (κ2) is 7.72. The molecule has 33 heavy (non-hydrogen) atoms. The van der Waals surface area contributed by atoms with Crippen molar-refractivity contribution in [3.63, 3.8) is 0 Å². The van der Waals surface area contributed by atoms with Gasteiger partial charge in [-0.3, -0.25) is 14.3 Å². The Hall–Kier alpha value is -3.68. The van der Waals surface area contributed by atoms with Gasteiger partial charge < -0.3 is 16.0 Å². The van der Waals surface area contributed by atoms with Crippen molar-refractivity contribution in [2.45, 2.75) is 38.4 Å². The molecule has 2 amide bonds. The summed E-state index contributed by atoms with van der Waals surface area (Å²) in [5, 5.41) is 7.46. The van der Waals surface area contributed by atoms with Crippen LogP contribution in [0.2, 0.25) is 0 Å². The first-order valence-electron chi connectivity index (χ1n) is 11.5. The van der Waals surface area contributed by atoms with E-state index in [1.54, 1.807) is 23.1 Å². The summed E-state index contributed by atoms with van der Waals surface area (Å²) in [5.41, 5.74) is 10.5. The number of likely N-dealkylation sites (tertiary alicyclic amines) is 1. The standard InChI is InChI=1S/C25H26N6O2/c26-23-8-5-19-21(28-23)6-7-22(19)29-24(32)18-10-27-31(14-18)12-16-3-1-15(2-4-16)11-30-13-17-9-20(17)25(30)33/h1-5,8,10,14,17,20,22H,6-7,9,11-13H2,(H2,26,28)(H,29,32)/t17-,20-,22+/m0/s1. The lowest BCUT2D eigenvalue weighted by Crippen LogP contribution is -2.27. The van der Waals surface area contributed by atoms with Gasteiger partial charge in [0, 0.05) is 30.9 Å². The molecule has 1 saturated carbocycles. The Balaban J connectivity index is 1.06. The number of amides is 2. The molecule has 0 radical (unpaired) electrons. The minimum atomic E-state index is -0.139. The maximum absolute atomic E-state index is 12.8. The van der Waals surface area contributed by atoms with Gasteiger partial charge in [0.15, 0.2) is 0 Å². The second-order valence-electron chi connectivity index (χ2n) is 9.40. The first-order valence-corrected chi connectivity index (χ1v) is 11.5. The molecule has 8 nitrogen and oxygen atoms in total. The van der Waals surface area contributed by atoms with Crippen molar-refractivity contribution in [2.24, 2.45) is 11.8 Å². The molecule has 2 aliphatic carbocycles. The van der Waals surface area contributed by atoms with Gasteiger partial charge in [-0.1, -0.05) is 30.3 Å². The fourth-order valence-corrected chi connectivity index (χ4v) is 5.10. The van der Waals surface area contributed by atoms with Gasteiger partial charge in [-0.05, 0) is 47.9 Å². The number of hydrogen-bond donors (Lipinski definition) is 2. The minimum Gasteiger partial charge on any atom is -0.384 e. The van der Waals surface area contributed by atoms with E-state index >= 15 is 0 Å². The number of pyridine rings is 1. The van der Waals surface area contributed by atoms with Crippen molar-refractivity contribution in [1.82, 2.24) is 25.0 Å². The molecule has 0 bridgehead atoms. The summed E-state index contributed by atoms with van der Waals surface area (Å²) in [6, 6.07) is 11.9. The number of carbonyl (C=O) groups is 2. The first-order chi connectivity index (χ1) is 16.0. The van der Waals surface area contributed by atoms with Crippen LogP contribution in [0.25, 0.3) is 0 Å². The third kappa shape index (κ3) is 3.86. The summed E-state index contributed by atoms with van der Waals surface area (Å²) < 4.78 is 1.77. The van der Waals surface area contributed by atoms with E-state index in [9.17, 15) is 9.59 Å². The molecule has 1 aromatic carbocycles. The van der Waals surface area contributed by atoms with Crippen LogP contribution in [0.15, 0.2) is 48.8 Å². The fourth-order valence-electron chi connectivity index (χ4n) is 5.10. The van der Waals surface area contributed by atoms with E-state index in [2.05, 4.69) is 39.7 Å². The van der Waals surface area contributed by atoms with Crippen LogP contribution in [0.4, 0.5) is 5.82 Å². The number of nitrogens with zero attached hydrogens (tertiary/aromatic N) is 4. The smallest absolute Gasteiger partial charge is 0.254 e. The molecule has 3 heterocycles. The summed E-state index contributed by atoms with van der Waals surface area (Å²) in [7, 11) is 0. The molecule has 6 rings (SSSR count). The lowest BCUT2D eigenvalue weighted by Gasteiger charge is -2.18. The van der Waals surface area contributed by atoms with Gasteiger partial charge in [0.2, 0.25) is 5.91 Å². The summed E-state index contributed by atoms with van der Waals surface area (Å²) in [4.78, 5) is 31.3. The number of anilines is 1. The van der Waals surface area contributed by atoms with Gasteiger partial charge in [0.1, 0.15) is 5.82 Å². The van der Waals surface area contributed by atoms with Crippen LogP contribution in [-0.4, -0.2) is 38.0 Å². The van der Waals surface area contributed by atoms with Crippen LogP contribution in [0.3, 0.4) is 0 Å². The van der Waals surface area contributed by atoms with Crippen molar-refractivity contribution in [2.75, 3.05) is 12.3 Å². The maximum atomic E-state index is 12.8. The van der Waals surface area contributed by atoms with Crippen LogP contribution < -0.4 is 11.1 Å². The minimum absolute atomic E-state index is 0.0510. The number of carbonyl (C=O) groups excluding carboxylic acids is 2. The Morgan fingerprint density at radius 3 is 2.67 bits per heavy atom. The molecule has 2 aromatic heterocycles. The van der Waals surface area contributed by atoms with Gasteiger partial charge in [-0.15, -0.1) is 0 Å². The Labute approximate surface area is 191 Å². The predicted molar refractivity (Wildman–Crippen MR) is 122 cm³/mol. The Bertz CT molecular complexity index is 1230. The molecule has 0 spiro atoms. The van der Waals surface area contributed by atoms with Crippen LogP contribution >= 0.6 is 0 Å². The zero-order chi connectivity index (χ0) is 22.5. The molecule has 3 atom stereocenters. The fraction of sp³-hybridized carbons (Fsp3) is 0.360. The maximum Gasteiger partial charge on any atom is 0.254 e. The lowest BCUT2D eigenvalue weighted by molar-refractivity contribution is -0.130. The van der Waals surface area contributed by atoms with Crippen molar-refractivity contribution in [3.05, 3.63) is 76.7 Å². The highest BCUT2D eigenvalue weighted by Crippen LogP contribution is 2.46. The van der Waals surface area contributed by atoms with Gasteiger partial charge >= 0.3 is 0 Å². The van der Waals surface area contributed by atoms with E-state index in [0.717, 1.165) is 48.2 Å². The first kappa shape index (κ1) is 20.0. The van der Waals surface area contributed by atoms with E-state index in [-0.39, 0.29) is 11.9 Å². The average Bonchev–Trinajstić information content (AvgIpc) is 3.10. The average molecular weight is 443 g/mol. The van der Waals surface area contributed by atoms with Crippen molar-refractivity contribution < 1.29 is 9.59 Å². The predicted octanol–water partition coefficient (Wildman–Crippen LogP) is 2.30. The van der Waals surface area contributed by atoms with Gasteiger partial charge in [0.05, 0.1) is 24.3 Å². The summed E-state index contributed by atoms with van der Waals surface area (Å²) in [6.07, 6.45) is 6.09. The van der Waals surface area contributed by atoms with E-state index < -0.39 is 0 Å². The largest absolute Gasteiger partial charge is 0.384 e. The summed E-state index contributed by atoms with van der Waals surface area (Å²) >= 11 is 0. The number of aryl methyl sites for hydroxylation is 1. The Kier molecular flexibility index (Phi) is 4.67. The van der Waals surface area contributed by atoms with Gasteiger partial charge in [0.25, 0.3) is 5.91 Å². The molecule has 168 valence electrons. The molecule has 3 aliphatic rings. The monoisotopic (exact) mass is 442 g/mol. The molecule has 2 fully saturated rings. The van der Waals surface area contributed by atoms with E-state index in [0.29, 0.717) is 42.2 Å². The van der Waals surface area contributed by atoms with Crippen molar-refractivity contribution in [3.8, 4) is 0 Å². The summed E-state index contributed by atoms with van der Waals surface area (Å²) in [5.74, 6) is 1.58. The normalized spacial score (nSPS) is 22.8. The third-order valence-corrected chi connectivity index (χ3v) is 7.02. The molecular weight excluding hydrogens is 416 g/mol. The SMILES string of the molecule is Nc1ccc2c(n1)CC[C@H]2NC(=O)c1cnn(Cc2ccc(CN3C[C@@H]4C[C@@H]4C3=O)cc2)c1. The van der Waals surface area contributed by atoms with Crippen LogP contribution in [-0.2, 0) is 24.3 Å². The highest BCUT2D eigenvalue weighted by molar-refractivity contribution is 5.94. The quantitative estimate of drug-likeness (QED) is 0.609. The number of piperidine rings is 1. The Morgan fingerprint density at radius 2 is 1.91 bits per heavy atom. The topological polar surface area (TPSA) is 106 Å². The molecule has 1 aliphatic heterocycles. The summed E-state index contributed by atoms with van der Waals surface area (Å²) in [6.45, 7) is 2.17. The molecular formula is C25H26N6O2. The number of aromatic nitrogens is 3. The van der Waals surface area contributed by atoms with E-state index in [1.165, 1.54) is 0 Å². The number of nitrogens with two attached hydrogens (primary N) is 1. The highest BCUT2D eigenvalue weighted by atomic mass is 16.2. The lowest BCUT2D eigenvalue weighted by atomic mass is 10.1. The number of benzene rings is 1. The number of fused-ring (bicyclic) bond motifs is 2. The molecule has 3 aromatic rings. The highest BCUT2D eigenvalue weighted by Gasteiger charge is 2.51. The zero-order valence-corrected chi connectivity index (χ0v) is 18.3.